The molecule has 1 aromatic rings. The summed E-state index contributed by atoms with van der Waals surface area (Å²) in [6.07, 6.45) is 5.49. The monoisotopic (exact) mass is 277 g/mol. The molecule has 1 atom stereocenters. The molecule has 1 saturated heterocycles. The number of likely N-dealkylation sites (tertiary alicyclic amines) is 1. The van der Waals surface area contributed by atoms with E-state index in [2.05, 4.69) is 39.1 Å². The number of nitrogens with zero attached hydrogens (tertiary/aromatic N) is 3. The van der Waals surface area contributed by atoms with Crippen molar-refractivity contribution in [2.75, 3.05) is 33.2 Å². The number of piperidine rings is 1. The Morgan fingerprint density at radius 3 is 2.95 bits per heavy atom. The first-order chi connectivity index (χ1) is 9.76. The zero-order chi connectivity index (χ0) is 13.9. The van der Waals surface area contributed by atoms with Crippen LogP contribution in [-0.4, -0.2) is 65.1 Å². The highest BCUT2D eigenvalue weighted by Crippen LogP contribution is 2.18. The van der Waals surface area contributed by atoms with Gasteiger partial charge in [0.2, 0.25) is 0 Å². The summed E-state index contributed by atoms with van der Waals surface area (Å²) in [6, 6.07) is 1.29. The Hall–Kier alpha value is -0.910. The third-order valence-corrected chi connectivity index (χ3v) is 4.95. The predicted molar refractivity (Wildman–Crippen MR) is 80.7 cm³/mol. The number of aromatic nitrogens is 2. The molecule has 0 aliphatic carbocycles. The Bertz CT molecular complexity index is 422. The predicted octanol–water partition coefficient (Wildman–Crippen LogP) is 0.840. The van der Waals surface area contributed by atoms with Crippen LogP contribution in [0.15, 0.2) is 6.33 Å². The normalized spacial score (nSPS) is 25.1. The molecule has 0 radical (unpaired) electrons. The smallest absolute Gasteiger partial charge is 0.0925 e. The average Bonchev–Trinajstić information content (AvgIpc) is 2.95. The van der Waals surface area contributed by atoms with E-state index in [9.17, 15) is 0 Å². The van der Waals surface area contributed by atoms with E-state index in [1.54, 1.807) is 0 Å². The largest absolute Gasteiger partial charge is 0.347 e. The Kier molecular flexibility index (Phi) is 4.38. The van der Waals surface area contributed by atoms with Crippen molar-refractivity contribution < 1.29 is 0 Å². The van der Waals surface area contributed by atoms with E-state index in [-0.39, 0.29) is 0 Å². The van der Waals surface area contributed by atoms with Gasteiger partial charge < -0.3 is 20.1 Å². The van der Waals surface area contributed by atoms with Crippen molar-refractivity contribution in [3.63, 3.8) is 0 Å². The van der Waals surface area contributed by atoms with Gasteiger partial charge in [0, 0.05) is 31.6 Å². The highest BCUT2D eigenvalue weighted by molar-refractivity contribution is 5.16. The molecule has 5 heteroatoms. The zero-order valence-corrected chi connectivity index (χ0v) is 12.7. The second kappa shape index (κ2) is 6.24. The Labute approximate surface area is 121 Å². The van der Waals surface area contributed by atoms with Gasteiger partial charge in [0.1, 0.15) is 0 Å². The van der Waals surface area contributed by atoms with Crippen LogP contribution < -0.4 is 5.32 Å². The standard InChI is InChI=1S/C15H27N5/c1-3-20-6-4-13(5-7-20)19(2)10-12-8-14-15(9-16-12)18-11-17-14/h11-13,16H,3-10H2,1-2H3,(H,17,18). The van der Waals surface area contributed by atoms with E-state index in [4.69, 9.17) is 0 Å². The SMILES string of the molecule is CCN1CCC(N(C)CC2Cc3nc[nH]c3CN2)CC1. The first kappa shape index (κ1) is 14.0. The molecule has 5 nitrogen and oxygen atoms in total. The molecule has 2 aliphatic heterocycles. The molecule has 0 amide bonds. The molecule has 20 heavy (non-hydrogen) atoms. The van der Waals surface area contributed by atoms with Crippen LogP contribution in [0, 0.1) is 0 Å². The third-order valence-electron chi connectivity index (χ3n) is 4.95. The van der Waals surface area contributed by atoms with Crippen molar-refractivity contribution in [1.82, 2.24) is 25.1 Å². The van der Waals surface area contributed by atoms with Gasteiger partial charge in [-0.2, -0.15) is 0 Å². The molecule has 3 rings (SSSR count). The van der Waals surface area contributed by atoms with Gasteiger partial charge >= 0.3 is 0 Å². The number of fused-ring (bicyclic) bond motifs is 1. The first-order valence-corrected chi connectivity index (χ1v) is 7.93. The van der Waals surface area contributed by atoms with Gasteiger partial charge in [0.15, 0.2) is 0 Å². The fraction of sp³-hybridized carbons (Fsp3) is 0.800. The Morgan fingerprint density at radius 2 is 2.20 bits per heavy atom. The van der Waals surface area contributed by atoms with Crippen LogP contribution in [0.2, 0.25) is 0 Å². The number of hydrogen-bond donors (Lipinski definition) is 2. The van der Waals surface area contributed by atoms with Crippen LogP contribution in [0.1, 0.15) is 31.2 Å². The van der Waals surface area contributed by atoms with E-state index < -0.39 is 0 Å². The van der Waals surface area contributed by atoms with Gasteiger partial charge in [-0.3, -0.25) is 0 Å². The summed E-state index contributed by atoms with van der Waals surface area (Å²) in [5.41, 5.74) is 2.52. The molecule has 112 valence electrons. The van der Waals surface area contributed by atoms with Gasteiger partial charge in [-0.25, -0.2) is 4.98 Å². The molecular formula is C15H27N5. The molecule has 0 saturated carbocycles. The fourth-order valence-corrected chi connectivity index (χ4v) is 3.53. The maximum absolute atomic E-state index is 4.43. The average molecular weight is 277 g/mol. The van der Waals surface area contributed by atoms with Crippen molar-refractivity contribution in [1.29, 1.82) is 0 Å². The maximum atomic E-state index is 4.43. The molecule has 0 spiro atoms. The Balaban J connectivity index is 1.49. The second-order valence-corrected chi connectivity index (χ2v) is 6.21. The van der Waals surface area contributed by atoms with E-state index in [0.717, 1.165) is 25.6 Å². The van der Waals surface area contributed by atoms with Crippen molar-refractivity contribution in [3.05, 3.63) is 17.7 Å². The van der Waals surface area contributed by atoms with Gasteiger partial charge in [0.05, 0.1) is 17.7 Å². The molecule has 0 bridgehead atoms. The summed E-state index contributed by atoms with van der Waals surface area (Å²) in [6.45, 7) is 8.03. The van der Waals surface area contributed by atoms with Gasteiger partial charge in [0.25, 0.3) is 0 Å². The molecule has 2 N–H and O–H groups in total. The Morgan fingerprint density at radius 1 is 1.40 bits per heavy atom. The van der Waals surface area contributed by atoms with Crippen LogP contribution in [-0.2, 0) is 13.0 Å². The zero-order valence-electron chi connectivity index (χ0n) is 12.7. The summed E-state index contributed by atoms with van der Waals surface area (Å²) >= 11 is 0. The van der Waals surface area contributed by atoms with E-state index in [1.165, 1.54) is 43.9 Å². The number of aromatic amines is 1. The lowest BCUT2D eigenvalue weighted by atomic mass is 10.0. The van der Waals surface area contributed by atoms with Gasteiger partial charge in [-0.05, 0) is 39.5 Å². The number of imidazole rings is 1. The number of likely N-dealkylation sites (N-methyl/N-ethyl adjacent to an activating group) is 1. The number of nitrogens with one attached hydrogen (secondary N) is 2. The van der Waals surface area contributed by atoms with Gasteiger partial charge in [-0.1, -0.05) is 6.92 Å². The molecule has 1 fully saturated rings. The second-order valence-electron chi connectivity index (χ2n) is 6.21. The summed E-state index contributed by atoms with van der Waals surface area (Å²) in [5.74, 6) is 0. The van der Waals surface area contributed by atoms with Gasteiger partial charge in [-0.15, -0.1) is 0 Å². The highest BCUT2D eigenvalue weighted by atomic mass is 15.2. The van der Waals surface area contributed by atoms with Crippen LogP contribution in [0.25, 0.3) is 0 Å². The van der Waals surface area contributed by atoms with Crippen LogP contribution in [0.4, 0.5) is 0 Å². The summed E-state index contributed by atoms with van der Waals surface area (Å²) in [5, 5.41) is 3.63. The van der Waals surface area contributed by atoms with E-state index in [1.807, 2.05) is 6.33 Å². The van der Waals surface area contributed by atoms with Crippen molar-refractivity contribution in [3.8, 4) is 0 Å². The van der Waals surface area contributed by atoms with Crippen molar-refractivity contribution in [2.45, 2.75) is 44.8 Å². The quantitative estimate of drug-likeness (QED) is 0.856. The number of hydrogen-bond acceptors (Lipinski definition) is 4. The molecule has 1 aromatic heterocycles. The lowest BCUT2D eigenvalue weighted by Gasteiger charge is -2.38. The summed E-state index contributed by atoms with van der Waals surface area (Å²) < 4.78 is 0. The first-order valence-electron chi connectivity index (χ1n) is 7.93. The van der Waals surface area contributed by atoms with E-state index >= 15 is 0 Å². The minimum absolute atomic E-state index is 0.542. The molecule has 3 heterocycles. The minimum Gasteiger partial charge on any atom is -0.347 e. The topological polar surface area (TPSA) is 47.2 Å². The maximum Gasteiger partial charge on any atom is 0.0925 e. The molecule has 0 aromatic carbocycles. The minimum atomic E-state index is 0.542. The lowest BCUT2D eigenvalue weighted by molar-refractivity contribution is 0.122. The molecule has 2 aliphatic rings. The number of H-pyrrole nitrogens is 1. The highest BCUT2D eigenvalue weighted by Gasteiger charge is 2.26. The fourth-order valence-electron chi connectivity index (χ4n) is 3.53. The number of rotatable bonds is 4. The van der Waals surface area contributed by atoms with Crippen molar-refractivity contribution >= 4 is 0 Å². The lowest BCUT2D eigenvalue weighted by Crippen LogP contribution is -2.49. The summed E-state index contributed by atoms with van der Waals surface area (Å²) in [7, 11) is 2.29. The van der Waals surface area contributed by atoms with E-state index in [0.29, 0.717) is 6.04 Å². The molecular weight excluding hydrogens is 250 g/mol. The van der Waals surface area contributed by atoms with Crippen LogP contribution >= 0.6 is 0 Å². The third kappa shape index (κ3) is 3.05. The molecule has 1 unspecified atom stereocenters. The van der Waals surface area contributed by atoms with Crippen molar-refractivity contribution in [2.24, 2.45) is 0 Å². The van der Waals surface area contributed by atoms with Crippen LogP contribution in [0.5, 0.6) is 0 Å². The summed E-state index contributed by atoms with van der Waals surface area (Å²) in [4.78, 5) is 12.8. The van der Waals surface area contributed by atoms with Crippen LogP contribution in [0.3, 0.4) is 0 Å².